The van der Waals surface area contributed by atoms with Crippen LogP contribution >= 0.6 is 12.4 Å². The summed E-state index contributed by atoms with van der Waals surface area (Å²) in [6.07, 6.45) is 3.43. The Morgan fingerprint density at radius 2 is 1.52 bits per heavy atom. The zero-order valence-electron chi connectivity index (χ0n) is 16.8. The molecule has 0 saturated carbocycles. The van der Waals surface area contributed by atoms with Crippen LogP contribution in [-0.4, -0.2) is 43.1 Å². The highest BCUT2D eigenvalue weighted by molar-refractivity contribution is 5.85. The number of para-hydroxylation sites is 1. The highest BCUT2D eigenvalue weighted by atomic mass is 35.5. The Morgan fingerprint density at radius 1 is 0.963 bits per heavy atom. The smallest absolute Gasteiger partial charge is 0.349 e. The molecular formula is C21H32ClNO4. The van der Waals surface area contributed by atoms with Gasteiger partial charge in [0.2, 0.25) is 0 Å². The van der Waals surface area contributed by atoms with Gasteiger partial charge in [-0.2, -0.15) is 0 Å². The maximum Gasteiger partial charge on any atom is 0.349 e. The van der Waals surface area contributed by atoms with Crippen molar-refractivity contribution in [3.8, 4) is 5.75 Å². The van der Waals surface area contributed by atoms with Gasteiger partial charge in [-0.3, -0.25) is 9.69 Å². The molecular weight excluding hydrogens is 366 g/mol. The van der Waals surface area contributed by atoms with Crippen LogP contribution in [0.4, 0.5) is 0 Å². The van der Waals surface area contributed by atoms with Gasteiger partial charge in [0.05, 0.1) is 6.54 Å². The molecule has 0 N–H and O–H groups in total. The summed E-state index contributed by atoms with van der Waals surface area (Å²) in [5.41, 5.74) is 1.98. The van der Waals surface area contributed by atoms with Crippen LogP contribution in [-0.2, 0) is 14.3 Å². The molecule has 5 nitrogen and oxygen atoms in total. The third-order valence-electron chi connectivity index (χ3n) is 4.69. The first-order valence-corrected chi connectivity index (χ1v) is 9.60. The summed E-state index contributed by atoms with van der Waals surface area (Å²) in [4.78, 5) is 26.3. The van der Waals surface area contributed by atoms with Crippen LogP contribution in [0.3, 0.4) is 0 Å². The number of nitrogens with zero attached hydrogens (tertiary/aromatic N) is 1. The molecule has 0 spiro atoms. The van der Waals surface area contributed by atoms with E-state index >= 15 is 0 Å². The van der Waals surface area contributed by atoms with Gasteiger partial charge in [0.15, 0.2) is 6.61 Å². The van der Waals surface area contributed by atoms with E-state index < -0.39 is 5.97 Å². The first-order valence-electron chi connectivity index (χ1n) is 9.60. The van der Waals surface area contributed by atoms with E-state index in [0.717, 1.165) is 37.1 Å². The SMILES string of the molecule is CC(C)c1cccc(C(C)C)c1OC(=O)COC(=O)CN1CCCCC1.Cl. The predicted octanol–water partition coefficient (Wildman–Crippen LogP) is 4.29. The van der Waals surface area contributed by atoms with E-state index in [2.05, 4.69) is 32.6 Å². The molecule has 0 radical (unpaired) electrons. The predicted molar refractivity (Wildman–Crippen MR) is 109 cm³/mol. The molecule has 152 valence electrons. The lowest BCUT2D eigenvalue weighted by atomic mass is 9.94. The average molecular weight is 398 g/mol. The van der Waals surface area contributed by atoms with Gasteiger partial charge in [-0.25, -0.2) is 4.79 Å². The number of esters is 2. The lowest BCUT2D eigenvalue weighted by Crippen LogP contribution is -2.36. The molecule has 1 heterocycles. The number of carbonyl (C=O) groups excluding carboxylic acids is 2. The summed E-state index contributed by atoms with van der Waals surface area (Å²) in [7, 11) is 0. The van der Waals surface area contributed by atoms with Crippen LogP contribution in [0.25, 0.3) is 0 Å². The van der Waals surface area contributed by atoms with E-state index in [1.165, 1.54) is 6.42 Å². The van der Waals surface area contributed by atoms with E-state index in [0.29, 0.717) is 5.75 Å². The first-order chi connectivity index (χ1) is 12.4. The van der Waals surface area contributed by atoms with Crippen molar-refractivity contribution in [2.75, 3.05) is 26.2 Å². The van der Waals surface area contributed by atoms with Crippen molar-refractivity contribution < 1.29 is 19.1 Å². The highest BCUT2D eigenvalue weighted by Gasteiger charge is 2.20. The Bertz CT molecular complexity index is 598. The van der Waals surface area contributed by atoms with Gasteiger partial charge < -0.3 is 9.47 Å². The Morgan fingerprint density at radius 3 is 2.04 bits per heavy atom. The van der Waals surface area contributed by atoms with Gasteiger partial charge in [-0.1, -0.05) is 52.3 Å². The van der Waals surface area contributed by atoms with E-state index in [4.69, 9.17) is 9.47 Å². The molecule has 1 saturated heterocycles. The Labute approximate surface area is 168 Å². The van der Waals surface area contributed by atoms with Crippen molar-refractivity contribution in [1.29, 1.82) is 0 Å². The number of likely N-dealkylation sites (tertiary alicyclic amines) is 1. The normalized spacial score (nSPS) is 14.7. The number of hydrogen-bond acceptors (Lipinski definition) is 5. The van der Waals surface area contributed by atoms with Gasteiger partial charge >= 0.3 is 11.9 Å². The Kier molecular flexibility index (Phi) is 9.81. The van der Waals surface area contributed by atoms with E-state index in [9.17, 15) is 9.59 Å². The maximum atomic E-state index is 12.2. The molecule has 1 aliphatic rings. The quantitative estimate of drug-likeness (QED) is 0.507. The molecule has 2 rings (SSSR count). The van der Waals surface area contributed by atoms with E-state index in [-0.39, 0.29) is 43.4 Å². The third-order valence-corrected chi connectivity index (χ3v) is 4.69. The van der Waals surface area contributed by atoms with E-state index in [1.54, 1.807) is 0 Å². The van der Waals surface area contributed by atoms with Crippen LogP contribution in [0, 0.1) is 0 Å². The van der Waals surface area contributed by atoms with Crippen LogP contribution in [0.5, 0.6) is 5.75 Å². The van der Waals surface area contributed by atoms with Crippen molar-refractivity contribution in [2.24, 2.45) is 0 Å². The third kappa shape index (κ3) is 7.15. The topological polar surface area (TPSA) is 55.8 Å². The number of benzene rings is 1. The number of piperidine rings is 1. The van der Waals surface area contributed by atoms with Crippen molar-refractivity contribution in [3.05, 3.63) is 29.3 Å². The number of carbonyl (C=O) groups is 2. The van der Waals surface area contributed by atoms with Gasteiger partial charge in [0.25, 0.3) is 0 Å². The molecule has 1 aromatic rings. The molecule has 0 unspecified atom stereocenters. The average Bonchev–Trinajstić information content (AvgIpc) is 2.60. The van der Waals surface area contributed by atoms with E-state index in [1.807, 2.05) is 18.2 Å². The molecule has 0 atom stereocenters. The maximum absolute atomic E-state index is 12.2. The fraction of sp³-hybridized carbons (Fsp3) is 0.619. The first kappa shape index (κ1) is 23.4. The fourth-order valence-electron chi connectivity index (χ4n) is 3.23. The molecule has 1 aromatic carbocycles. The summed E-state index contributed by atoms with van der Waals surface area (Å²) in [6.45, 7) is 9.98. The molecule has 0 aliphatic carbocycles. The standard InChI is InChI=1S/C21H31NO4.ClH/c1-15(2)17-9-8-10-18(16(3)4)21(17)26-20(24)14-25-19(23)13-22-11-6-5-7-12-22;/h8-10,15-16H,5-7,11-14H2,1-4H3;1H. The molecule has 1 aliphatic heterocycles. The summed E-state index contributed by atoms with van der Waals surface area (Å²) in [5.74, 6) is 0.169. The second kappa shape index (κ2) is 11.3. The van der Waals surface area contributed by atoms with Crippen molar-refractivity contribution in [1.82, 2.24) is 4.90 Å². The number of hydrogen-bond donors (Lipinski definition) is 0. The second-order valence-corrected chi connectivity index (χ2v) is 7.55. The Balaban J connectivity index is 0.00000364. The van der Waals surface area contributed by atoms with Crippen molar-refractivity contribution in [3.63, 3.8) is 0 Å². The van der Waals surface area contributed by atoms with Gasteiger partial charge in [-0.05, 0) is 48.9 Å². The zero-order chi connectivity index (χ0) is 19.1. The van der Waals surface area contributed by atoms with Crippen LogP contribution in [0.2, 0.25) is 0 Å². The molecule has 0 bridgehead atoms. The second-order valence-electron chi connectivity index (χ2n) is 7.55. The van der Waals surface area contributed by atoms with Crippen LogP contribution < -0.4 is 4.74 Å². The summed E-state index contributed by atoms with van der Waals surface area (Å²) in [5, 5.41) is 0. The molecule has 27 heavy (non-hydrogen) atoms. The molecule has 0 amide bonds. The minimum absolute atomic E-state index is 0. The fourth-order valence-corrected chi connectivity index (χ4v) is 3.23. The highest BCUT2D eigenvalue weighted by Crippen LogP contribution is 2.34. The minimum Gasteiger partial charge on any atom is -0.453 e. The van der Waals surface area contributed by atoms with Gasteiger partial charge in [-0.15, -0.1) is 12.4 Å². The lowest BCUT2D eigenvalue weighted by Gasteiger charge is -2.25. The molecule has 1 fully saturated rings. The number of rotatable bonds is 7. The number of ether oxygens (including phenoxy) is 2. The van der Waals surface area contributed by atoms with Crippen molar-refractivity contribution in [2.45, 2.75) is 58.8 Å². The van der Waals surface area contributed by atoms with Gasteiger partial charge in [0, 0.05) is 0 Å². The van der Waals surface area contributed by atoms with Gasteiger partial charge in [0.1, 0.15) is 5.75 Å². The van der Waals surface area contributed by atoms with Crippen LogP contribution in [0.15, 0.2) is 18.2 Å². The summed E-state index contributed by atoms with van der Waals surface area (Å²) < 4.78 is 10.7. The largest absolute Gasteiger partial charge is 0.453 e. The number of halogens is 1. The molecule has 6 heteroatoms. The summed E-state index contributed by atoms with van der Waals surface area (Å²) in [6, 6.07) is 5.93. The molecule has 0 aromatic heterocycles. The lowest BCUT2D eigenvalue weighted by molar-refractivity contribution is -0.154. The monoisotopic (exact) mass is 397 g/mol. The summed E-state index contributed by atoms with van der Waals surface area (Å²) >= 11 is 0. The van der Waals surface area contributed by atoms with Crippen LogP contribution in [0.1, 0.15) is 69.9 Å². The zero-order valence-corrected chi connectivity index (χ0v) is 17.6. The Hall–Kier alpha value is -1.59. The van der Waals surface area contributed by atoms with Crippen molar-refractivity contribution >= 4 is 24.3 Å². The minimum atomic E-state index is -0.535.